The maximum Gasteiger partial charge on any atom is 0.231 e. The number of aryl methyl sites for hydroxylation is 1. The van der Waals surface area contributed by atoms with Gasteiger partial charge in [0.25, 0.3) is 0 Å². The number of hydrogen-bond acceptors (Lipinski definition) is 7. The third-order valence-electron chi connectivity index (χ3n) is 6.31. The van der Waals surface area contributed by atoms with Gasteiger partial charge < -0.3 is 14.2 Å². The van der Waals surface area contributed by atoms with Crippen LogP contribution < -0.4 is 4.74 Å². The zero-order valence-electron chi connectivity index (χ0n) is 19.6. The molecule has 1 fully saturated rings. The number of ether oxygens (including phenoxy) is 1. The number of nitrogens with zero attached hydrogens (tertiary/aromatic N) is 6. The van der Waals surface area contributed by atoms with Crippen LogP contribution >= 0.6 is 11.6 Å². The molecule has 0 saturated carbocycles. The van der Waals surface area contributed by atoms with Crippen LogP contribution in [-0.4, -0.2) is 56.1 Å². The fraction of sp³-hybridized carbons (Fsp3) is 0.400. The molecule has 2 aromatic carbocycles. The highest BCUT2D eigenvalue weighted by Crippen LogP contribution is 2.27. The summed E-state index contributed by atoms with van der Waals surface area (Å²) in [5, 5.41) is 13.2. The average molecular weight is 495 g/mol. The zero-order chi connectivity index (χ0) is 24.2. The second kappa shape index (κ2) is 10.4. The van der Waals surface area contributed by atoms with Gasteiger partial charge in [0, 0.05) is 25.1 Å². The minimum absolute atomic E-state index is 0.185. The number of rotatable bonds is 7. The quantitative estimate of drug-likeness (QED) is 0.372. The van der Waals surface area contributed by atoms with Gasteiger partial charge in [-0.05, 0) is 48.7 Å². The highest BCUT2D eigenvalue weighted by atomic mass is 35.5. The molecule has 0 spiro atoms. The Labute approximate surface area is 208 Å². The first-order valence-corrected chi connectivity index (χ1v) is 12.2. The van der Waals surface area contributed by atoms with Crippen LogP contribution in [0.25, 0.3) is 22.4 Å². The third-order valence-corrected chi connectivity index (χ3v) is 6.60. The molecule has 0 atom stereocenters. The summed E-state index contributed by atoms with van der Waals surface area (Å²) >= 11 is 6.21. The topological polar surface area (TPSA) is 99.2 Å². The lowest BCUT2D eigenvalue weighted by Crippen LogP contribution is -2.32. The van der Waals surface area contributed by atoms with Crippen molar-refractivity contribution in [2.75, 3.05) is 20.2 Å². The summed E-state index contributed by atoms with van der Waals surface area (Å²) in [6.07, 6.45) is 5.47. The molecule has 0 radical (unpaired) electrons. The van der Waals surface area contributed by atoms with E-state index in [1.165, 1.54) is 12.8 Å². The number of carbonyl (C=O) groups excluding carboxylic acids is 1. The first-order chi connectivity index (χ1) is 17.1. The average Bonchev–Trinajstić information content (AvgIpc) is 3.40. The molecule has 1 saturated heterocycles. The maximum atomic E-state index is 12.6. The highest BCUT2D eigenvalue weighted by Gasteiger charge is 2.17. The SMILES string of the molecule is COc1ccc(Cc2nc(-c3ccc4c(c3)nnn4CCC(=O)N3CCCCCC3)no2)cc1Cl. The monoisotopic (exact) mass is 494 g/mol. The Hall–Kier alpha value is -3.46. The largest absolute Gasteiger partial charge is 0.495 e. The molecular weight excluding hydrogens is 468 g/mol. The van der Waals surface area contributed by atoms with E-state index < -0.39 is 0 Å². The molecule has 10 heteroatoms. The Morgan fingerprint density at radius 1 is 1.11 bits per heavy atom. The van der Waals surface area contributed by atoms with Gasteiger partial charge in [0.15, 0.2) is 0 Å². The highest BCUT2D eigenvalue weighted by molar-refractivity contribution is 6.32. The van der Waals surface area contributed by atoms with E-state index in [0.29, 0.717) is 41.9 Å². The number of halogens is 1. The van der Waals surface area contributed by atoms with Crippen LogP contribution in [0.15, 0.2) is 40.9 Å². The minimum atomic E-state index is 0.185. The van der Waals surface area contributed by atoms with Crippen LogP contribution in [0, 0.1) is 0 Å². The van der Waals surface area contributed by atoms with Gasteiger partial charge in [-0.1, -0.05) is 40.9 Å². The van der Waals surface area contributed by atoms with E-state index in [1.807, 2.05) is 41.3 Å². The Morgan fingerprint density at radius 2 is 1.94 bits per heavy atom. The van der Waals surface area contributed by atoms with Crippen molar-refractivity contribution in [1.29, 1.82) is 0 Å². The van der Waals surface area contributed by atoms with Crippen LogP contribution in [0.4, 0.5) is 0 Å². The molecule has 9 nitrogen and oxygen atoms in total. The van der Waals surface area contributed by atoms with Crippen LogP contribution in [0.5, 0.6) is 5.75 Å². The molecular formula is C25H27ClN6O3. The van der Waals surface area contributed by atoms with E-state index in [4.69, 9.17) is 20.9 Å². The molecule has 0 unspecified atom stereocenters. The summed E-state index contributed by atoms with van der Waals surface area (Å²) in [6.45, 7) is 2.22. The molecule has 182 valence electrons. The van der Waals surface area contributed by atoms with Gasteiger partial charge in [0.05, 0.1) is 30.6 Å². The van der Waals surface area contributed by atoms with Crippen molar-refractivity contribution in [2.24, 2.45) is 0 Å². The molecule has 5 rings (SSSR count). The van der Waals surface area contributed by atoms with Gasteiger partial charge in [-0.25, -0.2) is 4.68 Å². The number of benzene rings is 2. The van der Waals surface area contributed by atoms with Crippen molar-refractivity contribution >= 4 is 28.5 Å². The predicted octanol–water partition coefficient (Wildman–Crippen LogP) is 4.53. The zero-order valence-corrected chi connectivity index (χ0v) is 20.4. The molecule has 2 aromatic heterocycles. The summed E-state index contributed by atoms with van der Waals surface area (Å²) in [7, 11) is 1.58. The molecule has 4 aromatic rings. The molecule has 0 aliphatic carbocycles. The molecule has 1 amide bonds. The lowest BCUT2D eigenvalue weighted by molar-refractivity contribution is -0.131. The van der Waals surface area contributed by atoms with Gasteiger partial charge >= 0.3 is 0 Å². The number of carbonyl (C=O) groups is 1. The first-order valence-electron chi connectivity index (χ1n) is 11.9. The Balaban J connectivity index is 1.25. The van der Waals surface area contributed by atoms with Crippen molar-refractivity contribution in [1.82, 2.24) is 30.0 Å². The van der Waals surface area contributed by atoms with Crippen molar-refractivity contribution in [2.45, 2.75) is 45.1 Å². The normalized spacial score (nSPS) is 14.3. The lowest BCUT2D eigenvalue weighted by Gasteiger charge is -2.20. The van der Waals surface area contributed by atoms with Crippen molar-refractivity contribution < 1.29 is 14.1 Å². The number of hydrogen-bond donors (Lipinski definition) is 0. The predicted molar refractivity (Wildman–Crippen MR) is 131 cm³/mol. The van der Waals surface area contributed by atoms with Crippen LogP contribution in [0.3, 0.4) is 0 Å². The van der Waals surface area contributed by atoms with Gasteiger partial charge in [0.1, 0.15) is 11.3 Å². The summed E-state index contributed by atoms with van der Waals surface area (Å²) in [5.74, 6) is 1.77. The summed E-state index contributed by atoms with van der Waals surface area (Å²) < 4.78 is 12.4. The van der Waals surface area contributed by atoms with Crippen molar-refractivity contribution in [3.05, 3.63) is 52.9 Å². The minimum Gasteiger partial charge on any atom is -0.495 e. The van der Waals surface area contributed by atoms with Gasteiger partial charge in [-0.15, -0.1) is 5.10 Å². The molecule has 3 heterocycles. The smallest absolute Gasteiger partial charge is 0.231 e. The van der Waals surface area contributed by atoms with Crippen LogP contribution in [-0.2, 0) is 17.8 Å². The number of methoxy groups -OCH3 is 1. The Kier molecular flexibility index (Phi) is 6.94. The molecule has 1 aliphatic rings. The maximum absolute atomic E-state index is 12.6. The number of fused-ring (bicyclic) bond motifs is 1. The standard InChI is InChI=1S/C25H27ClN6O3/c1-34-22-9-6-17(14-19(22)26)15-23-27-25(29-35-23)18-7-8-21-20(16-18)28-30-32(21)13-10-24(33)31-11-4-2-3-5-12-31/h6-9,14,16H,2-5,10-13,15H2,1H3. The van der Waals surface area contributed by atoms with E-state index in [1.54, 1.807) is 11.8 Å². The fourth-order valence-corrected chi connectivity index (χ4v) is 4.67. The number of likely N-dealkylation sites (tertiary alicyclic amines) is 1. The van der Waals surface area contributed by atoms with Crippen LogP contribution in [0.2, 0.25) is 5.02 Å². The second-order valence-electron chi connectivity index (χ2n) is 8.72. The van der Waals surface area contributed by atoms with E-state index >= 15 is 0 Å². The van der Waals surface area contributed by atoms with E-state index in [-0.39, 0.29) is 5.91 Å². The van der Waals surface area contributed by atoms with Gasteiger partial charge in [-0.2, -0.15) is 4.98 Å². The van der Waals surface area contributed by atoms with Crippen LogP contribution in [0.1, 0.15) is 43.6 Å². The molecule has 1 aliphatic heterocycles. The van der Waals surface area contributed by atoms with Crippen molar-refractivity contribution in [3.63, 3.8) is 0 Å². The Morgan fingerprint density at radius 3 is 2.71 bits per heavy atom. The Bertz CT molecular complexity index is 1330. The van der Waals surface area contributed by atoms with Crippen molar-refractivity contribution in [3.8, 4) is 17.1 Å². The summed E-state index contributed by atoms with van der Waals surface area (Å²) in [6, 6.07) is 11.3. The van der Waals surface area contributed by atoms with E-state index in [2.05, 4.69) is 20.5 Å². The van der Waals surface area contributed by atoms with E-state index in [0.717, 1.165) is 48.1 Å². The van der Waals surface area contributed by atoms with Gasteiger partial charge in [-0.3, -0.25) is 4.79 Å². The first kappa shape index (κ1) is 23.3. The molecule has 0 N–H and O–H groups in total. The van der Waals surface area contributed by atoms with Gasteiger partial charge in [0.2, 0.25) is 17.6 Å². The molecule has 35 heavy (non-hydrogen) atoms. The lowest BCUT2D eigenvalue weighted by atomic mass is 10.1. The summed E-state index contributed by atoms with van der Waals surface area (Å²) in [4.78, 5) is 19.1. The fourth-order valence-electron chi connectivity index (χ4n) is 4.39. The summed E-state index contributed by atoms with van der Waals surface area (Å²) in [5.41, 5.74) is 3.32. The van der Waals surface area contributed by atoms with E-state index in [9.17, 15) is 4.79 Å². The number of amides is 1. The molecule has 0 bridgehead atoms. The second-order valence-corrected chi connectivity index (χ2v) is 9.13. The number of aromatic nitrogens is 5. The third kappa shape index (κ3) is 5.30.